The summed E-state index contributed by atoms with van der Waals surface area (Å²) >= 11 is 3.29. The fourth-order valence-electron chi connectivity index (χ4n) is 1.76. The number of rotatable bonds is 4. The first-order chi connectivity index (χ1) is 9.97. The molecule has 1 N–H and O–H groups in total. The van der Waals surface area contributed by atoms with Gasteiger partial charge in [0, 0.05) is 10.0 Å². The molecule has 2 aromatic rings. The van der Waals surface area contributed by atoms with Gasteiger partial charge in [0.25, 0.3) is 0 Å². The number of phenolic OH excluding ortho intramolecular Hbond substituents is 1. The van der Waals surface area contributed by atoms with Crippen molar-refractivity contribution < 1.29 is 19.4 Å². The molecule has 0 unspecified atom stereocenters. The summed E-state index contributed by atoms with van der Waals surface area (Å²) in [6, 6.07) is 12.6. The first-order valence-corrected chi connectivity index (χ1v) is 7.06. The zero-order valence-corrected chi connectivity index (χ0v) is 12.8. The van der Waals surface area contributed by atoms with E-state index in [0.29, 0.717) is 5.56 Å². The highest BCUT2D eigenvalue weighted by atomic mass is 79.9. The number of esters is 1. The van der Waals surface area contributed by atoms with Crippen LogP contribution in [0.2, 0.25) is 0 Å². The molecule has 21 heavy (non-hydrogen) atoms. The molecular formula is C16H13BrO4. The third-order valence-corrected chi connectivity index (χ3v) is 3.39. The Balaban J connectivity index is 2.07. The number of halogens is 1. The van der Waals surface area contributed by atoms with Crippen molar-refractivity contribution in [3.8, 4) is 5.75 Å². The van der Waals surface area contributed by atoms with Gasteiger partial charge in [-0.15, -0.1) is 0 Å². The number of aromatic hydroxyl groups is 1. The normalized spacial score (nSPS) is 11.7. The summed E-state index contributed by atoms with van der Waals surface area (Å²) in [5.74, 6) is -0.962. The lowest BCUT2D eigenvalue weighted by Crippen LogP contribution is -2.24. The number of hydrogen-bond donors (Lipinski definition) is 1. The van der Waals surface area contributed by atoms with Crippen LogP contribution < -0.4 is 0 Å². The maximum Gasteiger partial charge on any atom is 0.338 e. The molecule has 2 rings (SSSR count). The molecule has 0 bridgehead atoms. The van der Waals surface area contributed by atoms with Crippen LogP contribution in [0.15, 0.2) is 53.0 Å². The van der Waals surface area contributed by atoms with Gasteiger partial charge in [-0.3, -0.25) is 4.79 Å². The van der Waals surface area contributed by atoms with Crippen molar-refractivity contribution in [2.75, 3.05) is 0 Å². The van der Waals surface area contributed by atoms with Gasteiger partial charge in [0.2, 0.25) is 5.78 Å². The third kappa shape index (κ3) is 3.92. The molecule has 0 saturated carbocycles. The van der Waals surface area contributed by atoms with Crippen molar-refractivity contribution in [2.24, 2.45) is 0 Å². The predicted molar refractivity (Wildman–Crippen MR) is 81.5 cm³/mol. The van der Waals surface area contributed by atoms with Crippen LogP contribution in [0.5, 0.6) is 5.75 Å². The Hall–Kier alpha value is -2.14. The molecule has 5 heteroatoms. The number of benzene rings is 2. The molecule has 1 atom stereocenters. The van der Waals surface area contributed by atoms with E-state index >= 15 is 0 Å². The van der Waals surface area contributed by atoms with Crippen LogP contribution in [-0.4, -0.2) is 23.0 Å². The van der Waals surface area contributed by atoms with E-state index in [2.05, 4.69) is 15.9 Å². The van der Waals surface area contributed by atoms with Crippen LogP contribution in [0.3, 0.4) is 0 Å². The molecule has 0 fully saturated rings. The topological polar surface area (TPSA) is 63.6 Å². The molecule has 0 saturated heterocycles. The fourth-order valence-corrected chi connectivity index (χ4v) is 2.03. The van der Waals surface area contributed by atoms with Gasteiger partial charge >= 0.3 is 5.97 Å². The van der Waals surface area contributed by atoms with E-state index in [1.807, 2.05) is 0 Å². The highest BCUT2D eigenvalue weighted by Crippen LogP contribution is 2.15. The van der Waals surface area contributed by atoms with Crippen LogP contribution in [-0.2, 0) is 4.74 Å². The molecule has 0 radical (unpaired) electrons. The maximum absolute atomic E-state index is 12.1. The third-order valence-electron chi connectivity index (χ3n) is 2.86. The number of carbonyl (C=O) groups excluding carboxylic acids is 2. The molecule has 108 valence electrons. The summed E-state index contributed by atoms with van der Waals surface area (Å²) in [6.07, 6.45) is -0.902. The minimum atomic E-state index is -0.902. The number of hydrogen-bond acceptors (Lipinski definition) is 4. The van der Waals surface area contributed by atoms with Crippen LogP contribution in [0.1, 0.15) is 27.6 Å². The Morgan fingerprint density at radius 1 is 1.10 bits per heavy atom. The Bertz CT molecular complexity index is 664. The van der Waals surface area contributed by atoms with E-state index in [1.54, 1.807) is 24.3 Å². The Morgan fingerprint density at radius 2 is 1.76 bits per heavy atom. The number of ether oxygens (including phenoxy) is 1. The Morgan fingerprint density at radius 3 is 2.38 bits per heavy atom. The van der Waals surface area contributed by atoms with Crippen LogP contribution >= 0.6 is 15.9 Å². The first kappa shape index (κ1) is 15.3. The molecular weight excluding hydrogens is 336 g/mol. The maximum atomic E-state index is 12.1. The average molecular weight is 349 g/mol. The van der Waals surface area contributed by atoms with Crippen molar-refractivity contribution in [1.29, 1.82) is 0 Å². The predicted octanol–water partition coefficient (Wildman–Crippen LogP) is 3.58. The minimum absolute atomic E-state index is 0.0312. The summed E-state index contributed by atoms with van der Waals surface area (Å²) in [5.41, 5.74) is 0.667. The molecule has 4 nitrogen and oxygen atoms in total. The second-order valence-corrected chi connectivity index (χ2v) is 5.38. The Labute approximate surface area is 130 Å². The zero-order valence-electron chi connectivity index (χ0n) is 11.2. The van der Waals surface area contributed by atoms with Gasteiger partial charge in [0.1, 0.15) is 5.75 Å². The monoisotopic (exact) mass is 348 g/mol. The van der Waals surface area contributed by atoms with Gasteiger partial charge in [-0.2, -0.15) is 0 Å². The van der Waals surface area contributed by atoms with E-state index in [-0.39, 0.29) is 17.1 Å². The van der Waals surface area contributed by atoms with E-state index in [0.717, 1.165) is 4.47 Å². The lowest BCUT2D eigenvalue weighted by molar-refractivity contribution is 0.0318. The highest BCUT2D eigenvalue weighted by molar-refractivity contribution is 9.10. The molecule has 0 aliphatic heterocycles. The summed E-state index contributed by atoms with van der Waals surface area (Å²) < 4.78 is 5.99. The summed E-state index contributed by atoms with van der Waals surface area (Å²) in [5, 5.41) is 9.33. The van der Waals surface area contributed by atoms with Gasteiger partial charge in [0.15, 0.2) is 6.10 Å². The average Bonchev–Trinajstić information content (AvgIpc) is 2.47. The minimum Gasteiger partial charge on any atom is -0.508 e. The second kappa shape index (κ2) is 6.54. The van der Waals surface area contributed by atoms with E-state index in [4.69, 9.17) is 4.74 Å². The molecule has 0 aromatic heterocycles. The van der Waals surface area contributed by atoms with Crippen LogP contribution in [0, 0.1) is 0 Å². The molecule has 0 aliphatic carbocycles. The molecule has 0 heterocycles. The number of Topliss-reactive ketones (excluding diaryl/α,β-unsaturated/α-hetero) is 1. The van der Waals surface area contributed by atoms with Gasteiger partial charge in [-0.25, -0.2) is 4.79 Å². The summed E-state index contributed by atoms with van der Waals surface area (Å²) in [6.45, 7) is 1.52. The largest absolute Gasteiger partial charge is 0.508 e. The number of phenols is 1. The lowest BCUT2D eigenvalue weighted by atomic mass is 10.1. The van der Waals surface area contributed by atoms with Crippen molar-refractivity contribution in [3.05, 3.63) is 64.1 Å². The quantitative estimate of drug-likeness (QED) is 0.677. The fraction of sp³-hybridized carbons (Fsp3) is 0.125. The Kier molecular flexibility index (Phi) is 4.75. The van der Waals surface area contributed by atoms with E-state index in [1.165, 1.54) is 31.2 Å². The number of carbonyl (C=O) groups is 2. The van der Waals surface area contributed by atoms with E-state index < -0.39 is 12.1 Å². The van der Waals surface area contributed by atoms with Crippen molar-refractivity contribution in [2.45, 2.75) is 13.0 Å². The molecule has 0 spiro atoms. The molecule has 0 aliphatic rings. The SMILES string of the molecule is C[C@@H](OC(=O)c1cccc(O)c1)C(=O)c1ccc(Br)cc1. The smallest absolute Gasteiger partial charge is 0.338 e. The van der Waals surface area contributed by atoms with Gasteiger partial charge in [-0.1, -0.05) is 34.1 Å². The van der Waals surface area contributed by atoms with Gasteiger partial charge in [0.05, 0.1) is 5.56 Å². The summed E-state index contributed by atoms with van der Waals surface area (Å²) in [7, 11) is 0. The zero-order chi connectivity index (χ0) is 15.4. The second-order valence-electron chi connectivity index (χ2n) is 4.47. The standard InChI is InChI=1S/C16H13BrO4/c1-10(15(19)11-5-7-13(17)8-6-11)21-16(20)12-3-2-4-14(18)9-12/h2-10,18H,1H3/t10-/m1/s1. The number of ketones is 1. The van der Waals surface area contributed by atoms with Crippen LogP contribution in [0.4, 0.5) is 0 Å². The highest BCUT2D eigenvalue weighted by Gasteiger charge is 2.20. The van der Waals surface area contributed by atoms with Crippen molar-refractivity contribution in [3.63, 3.8) is 0 Å². The molecule has 0 amide bonds. The van der Waals surface area contributed by atoms with E-state index in [9.17, 15) is 14.7 Å². The van der Waals surface area contributed by atoms with Crippen LogP contribution in [0.25, 0.3) is 0 Å². The lowest BCUT2D eigenvalue weighted by Gasteiger charge is -2.12. The van der Waals surface area contributed by atoms with Crippen molar-refractivity contribution in [1.82, 2.24) is 0 Å². The van der Waals surface area contributed by atoms with Gasteiger partial charge in [-0.05, 0) is 37.3 Å². The van der Waals surface area contributed by atoms with Gasteiger partial charge < -0.3 is 9.84 Å². The summed E-state index contributed by atoms with van der Waals surface area (Å²) in [4.78, 5) is 24.1. The first-order valence-electron chi connectivity index (χ1n) is 6.27. The molecule has 2 aromatic carbocycles. The van der Waals surface area contributed by atoms with Crippen molar-refractivity contribution >= 4 is 27.7 Å².